The number of rotatable bonds is 5. The first-order valence-electron chi connectivity index (χ1n) is 12.9. The third-order valence-electron chi connectivity index (χ3n) is 7.24. The van der Waals surface area contributed by atoms with Gasteiger partial charge in [-0.3, -0.25) is 9.36 Å². The molecule has 3 heterocycles. The van der Waals surface area contributed by atoms with E-state index in [0.717, 1.165) is 47.4 Å². The minimum atomic E-state index is -0.133. The van der Waals surface area contributed by atoms with E-state index in [1.54, 1.807) is 11.3 Å². The summed E-state index contributed by atoms with van der Waals surface area (Å²) in [6.45, 7) is 0.462. The number of nitrogens with zero attached hydrogens (tertiary/aromatic N) is 2. The molecule has 0 N–H and O–H groups in total. The van der Waals surface area contributed by atoms with Gasteiger partial charge in [-0.05, 0) is 104 Å². The van der Waals surface area contributed by atoms with Crippen molar-refractivity contribution in [3.63, 3.8) is 0 Å². The summed E-state index contributed by atoms with van der Waals surface area (Å²) in [6, 6.07) is 26.9. The third-order valence-corrected chi connectivity index (χ3v) is 10.6. The lowest BCUT2D eigenvalue weighted by atomic mass is 9.85. The van der Waals surface area contributed by atoms with Crippen LogP contribution in [0.5, 0.6) is 5.75 Å². The van der Waals surface area contributed by atoms with Crippen LogP contribution in [0, 0.1) is 7.14 Å². The number of thiazole rings is 1. The number of aryl methyl sites for hydroxylation is 1. The maximum absolute atomic E-state index is 14.1. The summed E-state index contributed by atoms with van der Waals surface area (Å²) in [5.41, 5.74) is 6.77. The molecule has 2 aliphatic rings. The van der Waals surface area contributed by atoms with Gasteiger partial charge in [0, 0.05) is 19.6 Å². The second kappa shape index (κ2) is 11.0. The zero-order valence-corrected chi connectivity index (χ0v) is 27.1. The number of halogens is 2. The number of thiophene rings is 1. The zero-order valence-electron chi connectivity index (χ0n) is 21.1. The maximum atomic E-state index is 14.1. The molecule has 0 radical (unpaired) electrons. The molecule has 0 fully saturated rings. The SMILES string of the molecule is O=c1/c(=C\c2cc(I)cc(I)c2OCc2ccccc2)sc2n1[C@H](c1cccs1)C1=C(N=2)c2ccccc2CC1. The second-order valence-corrected chi connectivity index (χ2v) is 14.1. The van der Waals surface area contributed by atoms with Crippen LogP contribution in [-0.4, -0.2) is 4.57 Å². The van der Waals surface area contributed by atoms with E-state index < -0.39 is 0 Å². The van der Waals surface area contributed by atoms with Crippen LogP contribution in [0.1, 0.15) is 39.6 Å². The van der Waals surface area contributed by atoms with E-state index >= 15 is 0 Å². The number of benzene rings is 3. The van der Waals surface area contributed by atoms with Crippen molar-refractivity contribution in [2.24, 2.45) is 4.99 Å². The fourth-order valence-electron chi connectivity index (χ4n) is 5.43. The molecule has 0 saturated heterocycles. The van der Waals surface area contributed by atoms with Gasteiger partial charge in [0.25, 0.3) is 5.56 Å². The summed E-state index contributed by atoms with van der Waals surface area (Å²) in [7, 11) is 0. The Morgan fingerprint density at radius 1 is 1.00 bits per heavy atom. The van der Waals surface area contributed by atoms with Crippen molar-refractivity contribution in [2.75, 3.05) is 0 Å². The Labute approximate surface area is 266 Å². The average molecular weight is 784 g/mol. The van der Waals surface area contributed by atoms with Crippen molar-refractivity contribution in [1.29, 1.82) is 0 Å². The van der Waals surface area contributed by atoms with Crippen molar-refractivity contribution in [2.45, 2.75) is 25.5 Å². The molecule has 1 atom stereocenters. The quantitative estimate of drug-likeness (QED) is 0.178. The highest BCUT2D eigenvalue weighted by molar-refractivity contribution is 14.1. The first kappa shape index (κ1) is 26.4. The molecule has 198 valence electrons. The normalized spacial score (nSPS) is 16.2. The van der Waals surface area contributed by atoms with Crippen LogP contribution in [0.15, 0.2) is 99.6 Å². The summed E-state index contributed by atoms with van der Waals surface area (Å²) in [5, 5.41) is 2.09. The van der Waals surface area contributed by atoms with E-state index in [-0.39, 0.29) is 11.6 Å². The van der Waals surface area contributed by atoms with Gasteiger partial charge < -0.3 is 4.74 Å². The standard InChI is InChI=1S/C32H22I2N2O2S2/c33-22-15-21(30(25(34)17-22)38-18-19-7-2-1-3-8-19)16-27-31(37)36-29(26-11-6-14-39-26)24-13-12-20-9-4-5-10-23(20)28(24)35-32(36)40-27/h1-11,14-17,29H,12-13,18H2/b27-16+/t29-/m0/s1. The number of aromatic nitrogens is 1. The maximum Gasteiger partial charge on any atom is 0.271 e. The predicted octanol–water partition coefficient (Wildman–Crippen LogP) is 7.17. The number of fused-ring (bicyclic) bond motifs is 3. The van der Waals surface area contributed by atoms with Crippen molar-refractivity contribution >= 4 is 79.6 Å². The lowest BCUT2D eigenvalue weighted by Gasteiger charge is -2.30. The molecule has 1 aliphatic heterocycles. The molecule has 0 bridgehead atoms. The minimum Gasteiger partial charge on any atom is -0.487 e. The van der Waals surface area contributed by atoms with Crippen molar-refractivity contribution in [3.8, 4) is 5.75 Å². The molecule has 1 aliphatic carbocycles. The Bertz CT molecular complexity index is 1960. The van der Waals surface area contributed by atoms with Crippen LogP contribution >= 0.6 is 67.9 Å². The first-order valence-corrected chi connectivity index (χ1v) is 16.7. The summed E-state index contributed by atoms with van der Waals surface area (Å²) in [5.74, 6) is 0.790. The van der Waals surface area contributed by atoms with Gasteiger partial charge in [0.15, 0.2) is 4.80 Å². The van der Waals surface area contributed by atoms with Crippen molar-refractivity contribution < 1.29 is 4.74 Å². The smallest absolute Gasteiger partial charge is 0.271 e. The molecule has 0 saturated carbocycles. The molecule has 3 aromatic carbocycles. The molecule has 5 aromatic rings. The Morgan fingerprint density at radius 3 is 2.65 bits per heavy atom. The van der Waals surface area contributed by atoms with Crippen LogP contribution in [-0.2, 0) is 13.0 Å². The van der Waals surface area contributed by atoms with Gasteiger partial charge in [0.2, 0.25) is 0 Å². The molecule has 40 heavy (non-hydrogen) atoms. The van der Waals surface area contributed by atoms with Gasteiger partial charge in [0.05, 0.1) is 19.8 Å². The first-order chi connectivity index (χ1) is 19.6. The van der Waals surface area contributed by atoms with Gasteiger partial charge in [0.1, 0.15) is 12.4 Å². The van der Waals surface area contributed by atoms with Gasteiger partial charge in [-0.25, -0.2) is 4.99 Å². The van der Waals surface area contributed by atoms with Crippen molar-refractivity contribution in [3.05, 3.63) is 144 Å². The zero-order chi connectivity index (χ0) is 27.2. The summed E-state index contributed by atoms with van der Waals surface area (Å²) < 4.78 is 11.0. The largest absolute Gasteiger partial charge is 0.487 e. The molecule has 8 heteroatoms. The Kier molecular flexibility index (Phi) is 7.27. The van der Waals surface area contributed by atoms with E-state index in [1.165, 1.54) is 32.9 Å². The number of hydrogen-bond acceptors (Lipinski definition) is 5. The monoisotopic (exact) mass is 784 g/mol. The third kappa shape index (κ3) is 4.82. The highest BCUT2D eigenvalue weighted by Crippen LogP contribution is 2.42. The fourth-order valence-corrected chi connectivity index (χ4v) is 9.31. The van der Waals surface area contributed by atoms with E-state index in [9.17, 15) is 4.79 Å². The van der Waals surface area contributed by atoms with Gasteiger partial charge in [-0.15, -0.1) is 11.3 Å². The molecule has 0 amide bonds. The molecule has 4 nitrogen and oxygen atoms in total. The minimum absolute atomic E-state index is 0.00422. The van der Waals surface area contributed by atoms with E-state index in [2.05, 4.69) is 111 Å². The predicted molar refractivity (Wildman–Crippen MR) is 180 cm³/mol. The van der Waals surface area contributed by atoms with Crippen LogP contribution in [0.4, 0.5) is 0 Å². The Morgan fingerprint density at radius 2 is 1.82 bits per heavy atom. The molecular formula is C32H22I2N2O2S2. The van der Waals surface area contributed by atoms with Gasteiger partial charge in [-0.1, -0.05) is 72.0 Å². The average Bonchev–Trinajstić information content (AvgIpc) is 3.60. The molecular weight excluding hydrogens is 762 g/mol. The van der Waals surface area contributed by atoms with Crippen LogP contribution < -0.4 is 19.6 Å². The summed E-state index contributed by atoms with van der Waals surface area (Å²) in [4.78, 5) is 21.2. The lowest BCUT2D eigenvalue weighted by molar-refractivity contribution is 0.303. The molecule has 0 unspecified atom stereocenters. The van der Waals surface area contributed by atoms with E-state index in [1.807, 2.05) is 28.8 Å². The number of ether oxygens (including phenoxy) is 1. The van der Waals surface area contributed by atoms with Crippen LogP contribution in [0.25, 0.3) is 11.8 Å². The fraction of sp³-hybridized carbons (Fsp3) is 0.125. The molecule has 0 spiro atoms. The highest BCUT2D eigenvalue weighted by atomic mass is 127. The Hall–Kier alpha value is -2.54. The van der Waals surface area contributed by atoms with Gasteiger partial charge in [-0.2, -0.15) is 0 Å². The molecule has 2 aromatic heterocycles. The highest BCUT2D eigenvalue weighted by Gasteiger charge is 2.33. The lowest BCUT2D eigenvalue weighted by Crippen LogP contribution is -2.38. The summed E-state index contributed by atoms with van der Waals surface area (Å²) in [6.07, 6.45) is 3.84. The number of hydrogen-bond donors (Lipinski definition) is 0. The summed E-state index contributed by atoms with van der Waals surface area (Å²) >= 11 is 7.81. The van der Waals surface area contributed by atoms with Crippen LogP contribution in [0.3, 0.4) is 0 Å². The second-order valence-electron chi connectivity index (χ2n) is 9.71. The van der Waals surface area contributed by atoms with Gasteiger partial charge >= 0.3 is 0 Å². The van der Waals surface area contributed by atoms with E-state index in [0.29, 0.717) is 11.1 Å². The van der Waals surface area contributed by atoms with Crippen LogP contribution in [0.2, 0.25) is 0 Å². The molecule has 7 rings (SSSR count). The van der Waals surface area contributed by atoms with E-state index in [4.69, 9.17) is 9.73 Å². The van der Waals surface area contributed by atoms with Crippen molar-refractivity contribution in [1.82, 2.24) is 4.57 Å². The number of allylic oxidation sites excluding steroid dienone is 1. The topological polar surface area (TPSA) is 43.6 Å². The Balaban J connectivity index is 1.39.